The largest absolute Gasteiger partial charge is 0.326 e. The second-order valence-electron chi connectivity index (χ2n) is 6.97. The summed E-state index contributed by atoms with van der Waals surface area (Å²) in [7, 11) is 0. The summed E-state index contributed by atoms with van der Waals surface area (Å²) in [5.74, 6) is 1.35. The molecule has 5 heteroatoms. The van der Waals surface area contributed by atoms with Gasteiger partial charge in [-0.15, -0.1) is 11.6 Å². The molecule has 1 heterocycles. The van der Waals surface area contributed by atoms with E-state index >= 15 is 0 Å². The fourth-order valence-corrected chi connectivity index (χ4v) is 4.33. The number of nitrogens with zero attached hydrogens (tertiary/aromatic N) is 1. The lowest BCUT2D eigenvalue weighted by atomic mass is 9.77. The second-order valence-corrected chi connectivity index (χ2v) is 7.97. The molecule has 1 saturated carbocycles. The zero-order valence-corrected chi connectivity index (χ0v) is 14.5. The molecule has 120 valence electrons. The molecule has 0 bridgehead atoms. The van der Waals surface area contributed by atoms with Crippen molar-refractivity contribution in [3.05, 3.63) is 22.8 Å². The summed E-state index contributed by atoms with van der Waals surface area (Å²) in [6.45, 7) is 4.54. The highest BCUT2D eigenvalue weighted by molar-refractivity contribution is 6.47. The van der Waals surface area contributed by atoms with E-state index in [4.69, 9.17) is 28.2 Å². The van der Waals surface area contributed by atoms with E-state index in [1.807, 2.05) is 6.08 Å². The van der Waals surface area contributed by atoms with Gasteiger partial charge in [0, 0.05) is 5.03 Å². The summed E-state index contributed by atoms with van der Waals surface area (Å²) in [6.07, 6.45) is 8.30. The predicted octanol–water partition coefficient (Wildman–Crippen LogP) is 4.16. The number of hydrogen-bond acceptors (Lipinski definition) is 2. The number of nitrogens with one attached hydrogen (secondary N) is 1. The van der Waals surface area contributed by atoms with E-state index in [1.165, 1.54) is 0 Å². The Morgan fingerprint density at radius 1 is 1.36 bits per heavy atom. The van der Waals surface area contributed by atoms with Gasteiger partial charge in [-0.05, 0) is 61.7 Å². The Labute approximate surface area is 141 Å². The SMILES string of the molecule is CC(C)C1CCC2(CC1)N=C(C1=CC(Cl)=CC(Cl)C1)C(=O)N2. The molecule has 0 aromatic rings. The molecule has 0 aromatic carbocycles. The maximum Gasteiger partial charge on any atom is 0.271 e. The Hall–Kier alpha value is -0.800. The quantitative estimate of drug-likeness (QED) is 0.753. The molecule has 1 amide bonds. The molecule has 0 radical (unpaired) electrons. The summed E-state index contributed by atoms with van der Waals surface area (Å²) >= 11 is 12.3. The van der Waals surface area contributed by atoms with E-state index in [-0.39, 0.29) is 11.3 Å². The van der Waals surface area contributed by atoms with E-state index < -0.39 is 5.66 Å². The van der Waals surface area contributed by atoms with Gasteiger partial charge in [0.25, 0.3) is 5.91 Å². The highest BCUT2D eigenvalue weighted by atomic mass is 35.5. The smallest absolute Gasteiger partial charge is 0.271 e. The number of halogens is 2. The molecule has 1 N–H and O–H groups in total. The van der Waals surface area contributed by atoms with Gasteiger partial charge >= 0.3 is 0 Å². The topological polar surface area (TPSA) is 41.5 Å². The third kappa shape index (κ3) is 3.11. The van der Waals surface area contributed by atoms with Crippen LogP contribution in [0.15, 0.2) is 27.7 Å². The summed E-state index contributed by atoms with van der Waals surface area (Å²) in [5, 5.41) is 3.53. The van der Waals surface area contributed by atoms with E-state index in [0.29, 0.717) is 23.1 Å². The van der Waals surface area contributed by atoms with Crippen molar-refractivity contribution in [2.24, 2.45) is 16.8 Å². The van der Waals surface area contributed by atoms with Gasteiger partial charge in [-0.3, -0.25) is 9.79 Å². The van der Waals surface area contributed by atoms with Crippen LogP contribution in [-0.4, -0.2) is 22.7 Å². The molecule has 1 fully saturated rings. The molecule has 1 spiro atoms. The Bertz CT molecular complexity index is 569. The minimum Gasteiger partial charge on any atom is -0.326 e. The average Bonchev–Trinajstić information content (AvgIpc) is 2.75. The summed E-state index contributed by atoms with van der Waals surface area (Å²) in [5.41, 5.74) is 0.987. The zero-order chi connectivity index (χ0) is 15.9. The van der Waals surface area contributed by atoms with Crippen molar-refractivity contribution >= 4 is 34.8 Å². The van der Waals surface area contributed by atoms with Gasteiger partial charge in [-0.2, -0.15) is 0 Å². The monoisotopic (exact) mass is 340 g/mol. The Morgan fingerprint density at radius 2 is 2.05 bits per heavy atom. The molecule has 0 saturated heterocycles. The first-order chi connectivity index (χ1) is 10.4. The van der Waals surface area contributed by atoms with Crippen LogP contribution in [0.2, 0.25) is 0 Å². The molecule has 1 unspecified atom stereocenters. The Morgan fingerprint density at radius 3 is 2.64 bits per heavy atom. The van der Waals surface area contributed by atoms with Crippen LogP contribution in [0.4, 0.5) is 0 Å². The van der Waals surface area contributed by atoms with Crippen LogP contribution in [0.25, 0.3) is 0 Å². The summed E-state index contributed by atoms with van der Waals surface area (Å²) in [6, 6.07) is 0. The van der Waals surface area contributed by atoms with Crippen molar-refractivity contribution in [3.8, 4) is 0 Å². The highest BCUT2D eigenvalue weighted by Gasteiger charge is 2.43. The van der Waals surface area contributed by atoms with Crippen LogP contribution in [-0.2, 0) is 4.79 Å². The number of allylic oxidation sites excluding steroid dienone is 3. The number of alkyl halides is 1. The van der Waals surface area contributed by atoms with Gasteiger partial charge in [-0.1, -0.05) is 25.4 Å². The number of aliphatic imine (C=N–C) groups is 1. The first kappa shape index (κ1) is 16.1. The number of hydrogen-bond donors (Lipinski definition) is 1. The lowest BCUT2D eigenvalue weighted by molar-refractivity contribution is -0.115. The van der Waals surface area contributed by atoms with Gasteiger partial charge in [-0.25, -0.2) is 0 Å². The molecule has 2 aliphatic carbocycles. The maximum atomic E-state index is 12.4. The first-order valence-corrected chi connectivity index (χ1v) is 8.85. The molecular formula is C17H22Cl2N2O. The van der Waals surface area contributed by atoms with Crippen molar-refractivity contribution in [3.63, 3.8) is 0 Å². The van der Waals surface area contributed by atoms with Crippen molar-refractivity contribution in [1.82, 2.24) is 5.32 Å². The zero-order valence-electron chi connectivity index (χ0n) is 13.0. The van der Waals surface area contributed by atoms with Crippen molar-refractivity contribution in [1.29, 1.82) is 0 Å². The van der Waals surface area contributed by atoms with Gasteiger partial charge in [0.2, 0.25) is 0 Å². The van der Waals surface area contributed by atoms with Gasteiger partial charge in [0.1, 0.15) is 11.4 Å². The molecule has 3 nitrogen and oxygen atoms in total. The molecule has 3 rings (SSSR count). The standard InChI is InChI=1S/C17H22Cl2N2O/c1-10(2)11-3-5-17(6-4-11)20-15(16(22)21-17)12-7-13(18)9-14(19)8-12/h7,9-11,14H,3-6,8H2,1-2H3,(H,21,22). The van der Waals surface area contributed by atoms with E-state index in [2.05, 4.69) is 19.2 Å². The van der Waals surface area contributed by atoms with Gasteiger partial charge in [0.05, 0.1) is 5.38 Å². The van der Waals surface area contributed by atoms with Crippen molar-refractivity contribution < 1.29 is 4.79 Å². The Balaban J connectivity index is 1.80. The van der Waals surface area contributed by atoms with Crippen LogP contribution in [0.3, 0.4) is 0 Å². The molecular weight excluding hydrogens is 319 g/mol. The normalized spacial score (nSPS) is 35.3. The van der Waals surface area contributed by atoms with E-state index in [1.54, 1.807) is 6.08 Å². The molecule has 22 heavy (non-hydrogen) atoms. The first-order valence-electron chi connectivity index (χ1n) is 8.03. The van der Waals surface area contributed by atoms with Crippen LogP contribution in [0.1, 0.15) is 46.0 Å². The number of carbonyl (C=O) groups excluding carboxylic acids is 1. The fourth-order valence-electron chi connectivity index (χ4n) is 3.68. The molecule has 0 aromatic heterocycles. The van der Waals surface area contributed by atoms with E-state index in [0.717, 1.165) is 37.2 Å². The van der Waals surface area contributed by atoms with Crippen molar-refractivity contribution in [2.75, 3.05) is 0 Å². The number of carbonyl (C=O) groups is 1. The van der Waals surface area contributed by atoms with Crippen LogP contribution >= 0.6 is 23.2 Å². The van der Waals surface area contributed by atoms with Crippen LogP contribution < -0.4 is 5.32 Å². The average molecular weight is 341 g/mol. The third-order valence-electron chi connectivity index (χ3n) is 5.06. The van der Waals surface area contributed by atoms with Crippen LogP contribution in [0.5, 0.6) is 0 Å². The minimum absolute atomic E-state index is 0.0792. The molecule has 3 aliphatic rings. The van der Waals surface area contributed by atoms with Gasteiger partial charge in [0.15, 0.2) is 0 Å². The Kier molecular flexibility index (Phi) is 4.39. The van der Waals surface area contributed by atoms with Crippen LogP contribution in [0, 0.1) is 11.8 Å². The lowest BCUT2D eigenvalue weighted by Gasteiger charge is -2.36. The highest BCUT2D eigenvalue weighted by Crippen LogP contribution is 2.39. The summed E-state index contributed by atoms with van der Waals surface area (Å²) in [4.78, 5) is 17.2. The fraction of sp³-hybridized carbons (Fsp3) is 0.647. The predicted molar refractivity (Wildman–Crippen MR) is 91.4 cm³/mol. The molecule has 1 atom stereocenters. The minimum atomic E-state index is -0.395. The lowest BCUT2D eigenvalue weighted by Crippen LogP contribution is -2.45. The van der Waals surface area contributed by atoms with Crippen molar-refractivity contribution in [2.45, 2.75) is 57.0 Å². The summed E-state index contributed by atoms with van der Waals surface area (Å²) < 4.78 is 0. The molecule has 1 aliphatic heterocycles. The second kappa shape index (κ2) is 6.01. The number of amides is 1. The van der Waals surface area contributed by atoms with E-state index in [9.17, 15) is 4.79 Å². The maximum absolute atomic E-state index is 12.4. The number of rotatable bonds is 2. The third-order valence-corrected chi connectivity index (χ3v) is 5.57. The van der Waals surface area contributed by atoms with Gasteiger partial charge < -0.3 is 5.32 Å².